The van der Waals surface area contributed by atoms with Gasteiger partial charge in [-0.1, -0.05) is 109 Å². The van der Waals surface area contributed by atoms with Gasteiger partial charge in [-0.2, -0.15) is 10.2 Å². The minimum absolute atomic E-state index is 0.00839. The second kappa shape index (κ2) is 42.1. The van der Waals surface area contributed by atoms with E-state index in [0.29, 0.717) is 149 Å². The monoisotopic (exact) mass is 2010 g/mol. The normalized spacial score (nSPS) is 19.3. The Morgan fingerprint density at radius 1 is 0.453 bits per heavy atom. The Morgan fingerprint density at radius 2 is 0.966 bits per heavy atom. The van der Waals surface area contributed by atoms with Crippen molar-refractivity contribution in [2.24, 2.45) is 34.1 Å². The van der Waals surface area contributed by atoms with Crippen molar-refractivity contribution in [1.29, 1.82) is 0 Å². The molecule has 12 aromatic rings. The van der Waals surface area contributed by atoms with E-state index in [0.717, 1.165) is 43.3 Å². The zero-order chi connectivity index (χ0) is 107. The molecule has 0 radical (unpaired) electrons. The number of nitrogens with zero attached hydrogens (tertiary/aromatic N) is 17. The van der Waals surface area contributed by atoms with Crippen LogP contribution in [0, 0.1) is 93.7 Å². The number of methoxy groups -OCH3 is 1. The largest absolute Gasteiger partial charge is 0.497 e. The number of anilines is 2. The Labute approximate surface area is 844 Å². The van der Waals surface area contributed by atoms with Crippen molar-refractivity contribution >= 4 is 69.8 Å². The van der Waals surface area contributed by atoms with E-state index in [4.69, 9.17) is 39.1 Å². The number of likely N-dealkylation sites (N-methyl/N-ethyl adjacent to an activating group) is 5. The Balaban J connectivity index is 0.000000139. The quantitative estimate of drug-likeness (QED) is 0.0404. The number of nitrogens with two attached hydrogens (primary N) is 6. The predicted molar refractivity (Wildman–Crippen MR) is 535 cm³/mol. The molecule has 148 heavy (non-hydrogen) atoms. The summed E-state index contributed by atoms with van der Waals surface area (Å²) in [6.07, 6.45) is 8.45. The molecule has 5 atom stereocenters. The van der Waals surface area contributed by atoms with Crippen molar-refractivity contribution in [3.8, 4) is 127 Å². The first kappa shape index (κ1) is 104. The number of primary amides is 5. The lowest BCUT2D eigenvalue weighted by molar-refractivity contribution is -0.138. The van der Waals surface area contributed by atoms with Gasteiger partial charge in [-0.15, -0.1) is 0 Å². The highest BCUT2D eigenvalue weighted by Gasteiger charge is 2.45. The average molecular weight is 2010 g/mol. The summed E-state index contributed by atoms with van der Waals surface area (Å²) in [4.78, 5) is 135. The number of aliphatic hydroxyl groups is 4. The van der Waals surface area contributed by atoms with Crippen LogP contribution in [0.25, 0.3) is 73.3 Å². The van der Waals surface area contributed by atoms with Crippen molar-refractivity contribution in [1.82, 2.24) is 78.9 Å². The average Bonchev–Trinajstić information content (AvgIpc) is 1.62. The third-order valence-electron chi connectivity index (χ3n) is 25.6. The van der Waals surface area contributed by atoms with Crippen molar-refractivity contribution in [3.05, 3.63) is 268 Å². The number of pyridine rings is 3. The Bertz CT molecular complexity index is 7890. The number of fused-ring (bicyclic) bond motifs is 2. The second-order valence-corrected chi connectivity index (χ2v) is 36.3. The zero-order valence-electron chi connectivity index (χ0n) is 81.2. The molecular weight excluding hydrogens is 1910 g/mol. The molecule has 5 aromatic carbocycles. The molecular formula is C107H98F5N23O13. The molecule has 7 aliphatic rings. The Hall–Kier alpha value is -18.1. The number of benzene rings is 5. The van der Waals surface area contributed by atoms with Crippen molar-refractivity contribution in [2.45, 2.75) is 86.7 Å². The van der Waals surface area contributed by atoms with E-state index < -0.39 is 98.3 Å². The minimum atomic E-state index is -1.67. The van der Waals surface area contributed by atoms with Crippen molar-refractivity contribution in [3.63, 3.8) is 0 Å². The second-order valence-electron chi connectivity index (χ2n) is 36.3. The summed E-state index contributed by atoms with van der Waals surface area (Å²) in [7, 11) is 11.9. The first-order valence-corrected chi connectivity index (χ1v) is 46.0. The lowest BCUT2D eigenvalue weighted by Gasteiger charge is -2.19. The van der Waals surface area contributed by atoms with Gasteiger partial charge in [-0.3, -0.25) is 38.4 Å². The lowest BCUT2D eigenvalue weighted by Crippen LogP contribution is -2.37. The van der Waals surface area contributed by atoms with Gasteiger partial charge in [0.1, 0.15) is 51.4 Å². The molecule has 13 heterocycles. The Kier molecular flexibility index (Phi) is 29.6. The van der Waals surface area contributed by atoms with Gasteiger partial charge in [0.25, 0.3) is 41.4 Å². The number of aromatic nitrogens is 11. The minimum Gasteiger partial charge on any atom is -0.497 e. The SMILES string of the molecule is C=C1N(C)CC[C@@]1(O)C#Cc1cc(-c2cc(OC)cc(C(N)=O)n2)c(F)cc1F.C=C1N(C)CC[C@@]1(O)C#Cc1cccc(-c2cc(-n3cc(F)cn3)cc(C(N)=O)n2)c1.CN1CC[C@@](C)(C#Cc2cc(F)c(F)c(-c3ccc(N)c(C(N)=O)n3)c2)C1=O.CN1CC[C@@](O)(C#Cc2cccc(-c3nc(C(N)=O)c4c(n3)N(C)CC4)c2)C1=O.CN1CC[C@@](O)(C#Cc2cccc(-c3nc(C(N)=O)c4cnn(C5CC5)c4n3)c2)C1=O. The number of likely N-dealkylation sites (tertiary alicyclic amines) is 5. The summed E-state index contributed by atoms with van der Waals surface area (Å²) in [5.41, 5.74) is 32.6. The highest BCUT2D eigenvalue weighted by Crippen LogP contribution is 2.40. The number of halogens is 5. The maximum Gasteiger partial charge on any atom is 0.269 e. The standard InChI is InChI=1S/C23H20FN5O2.C22H20N6O3.C21H19F2N3O3.C21H21N5O3.C20H18F2N4O2/c1-15-23(31,8-9-28(15)2)7-6-16-4-3-5-17(10-16)20-11-19(12-21(27-20)22(25)30)29-14-18(24)13-26-29;1-27-10-9-22(31,21(27)30)8-7-13-3-2-4-14(11-13)19-25-17(18(23)29)16-12-24-28(15-5-6-15)20(16)26-19;1-12-21(28,6-7-26(12)2)5-4-13-8-15(17(23)11-16(13)22)18-9-14(29-3)10-19(25-18)20(24)27;1-25-10-7-15-16(17(22)27)23-18(24-19(15)25)14-5-3-4-13(12-14)6-8-21(29)9-11-26(2)20(21)28;1-20(7-8-26(2)19(20)28)6-5-11-9-12(16(22)13(21)10-11)15-4-3-14(23)17(25-15)18(24)27/h3-5,10-14,31H,1,8-9H2,2H3,(H2,25,30);2-4,11-12,15,31H,5-6,9-10H2,1H3,(H2,23,29);8-11,28H,1,6-7H2,2-3H3,(H2,24,27);3-5,12,29H,7,9-11H2,1-2H3,(H2,22,27);3-4,9-10H,7-8,23H2,1-2H3,(H2,24,27)/t23-;22-;2*21-;20-/m00001/s1. The highest BCUT2D eigenvalue weighted by molar-refractivity contribution is 6.04. The lowest BCUT2D eigenvalue weighted by atomic mass is 9.89. The van der Waals surface area contributed by atoms with Crippen molar-refractivity contribution in [2.75, 3.05) is 99.3 Å². The topological polar surface area (TPSA) is 528 Å². The molecule has 6 fully saturated rings. The fourth-order valence-electron chi connectivity index (χ4n) is 16.7. The molecule has 36 nitrogen and oxygen atoms in total. The number of carbonyl (C=O) groups excluding carboxylic acids is 8. The van der Waals surface area contributed by atoms with E-state index >= 15 is 0 Å². The van der Waals surface area contributed by atoms with Crippen LogP contribution in [0.2, 0.25) is 0 Å². The molecule has 16 N–H and O–H groups in total. The van der Waals surface area contributed by atoms with E-state index in [1.165, 1.54) is 64.2 Å². The van der Waals surface area contributed by atoms with Crippen LogP contribution in [-0.2, 0) is 20.8 Å². The molecule has 41 heteroatoms. The molecule has 0 spiro atoms. The van der Waals surface area contributed by atoms with Gasteiger partial charge in [0.05, 0.1) is 82.5 Å². The summed E-state index contributed by atoms with van der Waals surface area (Å²) < 4.78 is 78.9. The molecule has 754 valence electrons. The van der Waals surface area contributed by atoms with Gasteiger partial charge >= 0.3 is 0 Å². The zero-order valence-corrected chi connectivity index (χ0v) is 81.2. The summed E-state index contributed by atoms with van der Waals surface area (Å²) in [6.45, 7) is 12.9. The number of hydrogen-bond donors (Lipinski definition) is 10. The first-order chi connectivity index (χ1) is 70.1. The van der Waals surface area contributed by atoms with Crippen LogP contribution >= 0.6 is 0 Å². The van der Waals surface area contributed by atoms with Crippen LogP contribution in [0.15, 0.2) is 177 Å². The van der Waals surface area contributed by atoms with Gasteiger partial charge in [0, 0.05) is 181 Å². The third kappa shape index (κ3) is 22.5. The molecule has 5 saturated heterocycles. The maximum atomic E-state index is 14.5. The van der Waals surface area contributed by atoms with Crippen LogP contribution in [-0.4, -0.2) is 258 Å². The van der Waals surface area contributed by atoms with E-state index in [9.17, 15) is 80.7 Å². The smallest absolute Gasteiger partial charge is 0.269 e. The fraction of sp³-hybridized carbons (Fsp3) is 0.262. The summed E-state index contributed by atoms with van der Waals surface area (Å²) in [5.74, 6) is 20.5. The van der Waals surface area contributed by atoms with E-state index in [2.05, 4.69) is 117 Å². The molecule has 0 bridgehead atoms. The molecule has 19 rings (SSSR count). The highest BCUT2D eigenvalue weighted by atomic mass is 19.2. The molecule has 0 unspecified atom stereocenters. The third-order valence-corrected chi connectivity index (χ3v) is 25.6. The summed E-state index contributed by atoms with van der Waals surface area (Å²) >= 11 is 0. The van der Waals surface area contributed by atoms with Crippen LogP contribution in [0.1, 0.15) is 144 Å². The predicted octanol–water partition coefficient (Wildman–Crippen LogP) is 7.15. The summed E-state index contributed by atoms with van der Waals surface area (Å²) in [6, 6.07) is 34.3. The van der Waals surface area contributed by atoms with E-state index in [-0.39, 0.29) is 98.3 Å². The van der Waals surface area contributed by atoms with Gasteiger partial charge < -0.3 is 89.0 Å². The summed E-state index contributed by atoms with van der Waals surface area (Å²) in [5, 5.41) is 51.1. The molecule has 8 amide bonds. The van der Waals surface area contributed by atoms with Crippen LogP contribution < -0.4 is 44.0 Å². The van der Waals surface area contributed by atoms with Crippen molar-refractivity contribution < 1.29 is 85.5 Å². The molecule has 7 aromatic heterocycles. The van der Waals surface area contributed by atoms with Crippen LogP contribution in [0.4, 0.5) is 33.5 Å². The fourth-order valence-corrected chi connectivity index (χ4v) is 16.7. The number of nitrogen functional groups attached to an aromatic ring is 1. The van der Waals surface area contributed by atoms with Gasteiger partial charge in [0.2, 0.25) is 17.1 Å². The van der Waals surface area contributed by atoms with Crippen LogP contribution in [0.3, 0.4) is 0 Å². The van der Waals surface area contributed by atoms with E-state index in [1.807, 2.05) is 46.8 Å². The number of rotatable bonds is 13. The number of hydrogen-bond acceptors (Lipinski definition) is 26. The van der Waals surface area contributed by atoms with Gasteiger partial charge in [-0.25, -0.2) is 66.2 Å². The van der Waals surface area contributed by atoms with Gasteiger partial charge in [-0.05, 0) is 111 Å². The van der Waals surface area contributed by atoms with E-state index in [1.54, 1.807) is 112 Å². The number of ether oxygens (including phenoxy) is 1. The van der Waals surface area contributed by atoms with Gasteiger partial charge in [0.15, 0.2) is 51.6 Å². The Morgan fingerprint density at radius 3 is 1.49 bits per heavy atom. The molecule has 1 saturated carbocycles. The first-order valence-electron chi connectivity index (χ1n) is 46.0. The molecule has 6 aliphatic heterocycles. The number of amides is 8. The maximum absolute atomic E-state index is 14.5. The molecule has 1 aliphatic carbocycles. The van der Waals surface area contributed by atoms with Crippen LogP contribution in [0.5, 0.6) is 5.75 Å². The number of carbonyl (C=O) groups is 8.